The van der Waals surface area contributed by atoms with Crippen molar-refractivity contribution in [3.05, 3.63) is 89.0 Å². The molecule has 6 heteroatoms. The molecule has 0 heterocycles. The molecule has 0 radical (unpaired) electrons. The summed E-state index contributed by atoms with van der Waals surface area (Å²) in [5, 5.41) is 8.92. The molecule has 0 saturated heterocycles. The lowest BCUT2D eigenvalue weighted by Crippen LogP contribution is -2.11. The van der Waals surface area contributed by atoms with Gasteiger partial charge in [-0.05, 0) is 95.3 Å². The van der Waals surface area contributed by atoms with Gasteiger partial charge in [-0.25, -0.2) is 8.78 Å². The van der Waals surface area contributed by atoms with Crippen molar-refractivity contribution in [2.45, 2.75) is 65.9 Å². The summed E-state index contributed by atoms with van der Waals surface area (Å²) < 4.78 is 41.5. The molecule has 0 aromatic heterocycles. The molecule has 4 nitrogen and oxygen atoms in total. The molecule has 1 N–H and O–H groups in total. The molecule has 0 atom stereocenters. The number of methoxy groups -OCH3 is 1. The second-order valence-corrected chi connectivity index (χ2v) is 11.4. The van der Waals surface area contributed by atoms with Crippen LogP contribution in [0.5, 0.6) is 11.5 Å². The lowest BCUT2D eigenvalue weighted by molar-refractivity contribution is -0.136. The maximum atomic E-state index is 15.4. The number of allylic oxidation sites excluding steroid dienone is 2. The van der Waals surface area contributed by atoms with Crippen LogP contribution in [-0.4, -0.2) is 18.2 Å². The standard InChI is InChI=1S/C30H30F2O4.C4H8/c1-30(2)13-5-8-26(30)24-15-20(18-36-22-7-4-6-19(14-22)9-12-29(33)34)28(32)17-23(24)25-16-21(35-3)10-11-27(25)31;1-4-2-3-4/h4,6-8,10-11,14-17H,5,9,12-13,18H2,1-3H3,(H,33,34);4H,2-3H2,1H3. The maximum Gasteiger partial charge on any atom is 0.303 e. The van der Waals surface area contributed by atoms with Gasteiger partial charge in [-0.15, -0.1) is 0 Å². The fraction of sp³-hybridized carbons (Fsp3) is 0.382. The molecule has 0 amide bonds. The van der Waals surface area contributed by atoms with Crippen LogP contribution in [0.4, 0.5) is 8.78 Å². The number of carbonyl (C=O) groups is 1. The summed E-state index contributed by atoms with van der Waals surface area (Å²) >= 11 is 0. The molecule has 40 heavy (non-hydrogen) atoms. The number of hydrogen-bond donors (Lipinski definition) is 1. The van der Waals surface area contributed by atoms with Crippen LogP contribution >= 0.6 is 0 Å². The topological polar surface area (TPSA) is 55.8 Å². The first-order valence-corrected chi connectivity index (χ1v) is 13.9. The summed E-state index contributed by atoms with van der Waals surface area (Å²) in [6.45, 7) is 6.54. The van der Waals surface area contributed by atoms with Gasteiger partial charge in [0.05, 0.1) is 7.11 Å². The van der Waals surface area contributed by atoms with Gasteiger partial charge in [-0.3, -0.25) is 4.79 Å². The first kappa shape index (κ1) is 29.3. The smallest absolute Gasteiger partial charge is 0.303 e. The number of aryl methyl sites for hydroxylation is 1. The largest absolute Gasteiger partial charge is 0.497 e. The summed E-state index contributed by atoms with van der Waals surface area (Å²) in [4.78, 5) is 10.9. The van der Waals surface area contributed by atoms with Crippen LogP contribution in [0.25, 0.3) is 16.7 Å². The minimum atomic E-state index is -0.868. The van der Waals surface area contributed by atoms with Crippen LogP contribution in [0.1, 0.15) is 69.6 Å². The molecule has 212 valence electrons. The van der Waals surface area contributed by atoms with Crippen LogP contribution in [0.15, 0.2) is 60.7 Å². The van der Waals surface area contributed by atoms with Gasteiger partial charge in [-0.1, -0.05) is 51.8 Å². The number of aliphatic carboxylic acids is 1. The Morgan fingerprint density at radius 1 is 0.975 bits per heavy atom. The third kappa shape index (κ3) is 7.50. The zero-order valence-corrected chi connectivity index (χ0v) is 23.7. The molecule has 2 aliphatic rings. The fourth-order valence-corrected chi connectivity index (χ4v) is 4.84. The highest BCUT2D eigenvalue weighted by atomic mass is 19.1. The lowest BCUT2D eigenvalue weighted by Gasteiger charge is -2.26. The van der Waals surface area contributed by atoms with Crippen LogP contribution in [0.3, 0.4) is 0 Å². The van der Waals surface area contributed by atoms with Gasteiger partial charge in [0, 0.05) is 17.5 Å². The number of hydrogen-bond acceptors (Lipinski definition) is 3. The Labute approximate surface area is 235 Å². The predicted octanol–water partition coefficient (Wildman–Crippen LogP) is 8.86. The SMILES string of the molecule is CC1CC1.COc1ccc(F)c(-c2cc(F)c(COc3cccc(CCC(=O)O)c3)cc2C2=CCCC2(C)C)c1. The monoisotopic (exact) mass is 548 g/mol. The summed E-state index contributed by atoms with van der Waals surface area (Å²) in [6, 6.07) is 14.8. The average molecular weight is 549 g/mol. The number of rotatable bonds is 9. The molecule has 1 fully saturated rings. The Hall–Kier alpha value is -3.67. The van der Waals surface area contributed by atoms with E-state index in [4.69, 9.17) is 14.6 Å². The quantitative estimate of drug-likeness (QED) is 0.290. The minimum absolute atomic E-state index is 0.0181. The normalized spacial score (nSPS) is 15.6. The Morgan fingerprint density at radius 2 is 1.73 bits per heavy atom. The van der Waals surface area contributed by atoms with E-state index in [-0.39, 0.29) is 24.0 Å². The van der Waals surface area contributed by atoms with Gasteiger partial charge in [0.1, 0.15) is 29.7 Å². The maximum absolute atomic E-state index is 15.4. The Morgan fingerprint density at radius 3 is 2.35 bits per heavy atom. The molecule has 1 saturated carbocycles. The molecular weight excluding hydrogens is 510 g/mol. The van der Waals surface area contributed by atoms with Crippen LogP contribution in [0.2, 0.25) is 0 Å². The highest BCUT2D eigenvalue weighted by Crippen LogP contribution is 2.47. The highest BCUT2D eigenvalue weighted by Gasteiger charge is 2.31. The third-order valence-electron chi connectivity index (χ3n) is 7.57. The second-order valence-electron chi connectivity index (χ2n) is 11.4. The van der Waals surface area contributed by atoms with Crippen molar-refractivity contribution < 1.29 is 28.2 Å². The Balaban J connectivity index is 0.000000848. The number of ether oxygens (including phenoxy) is 2. The van der Waals surface area contributed by atoms with Gasteiger partial charge in [0.2, 0.25) is 0 Å². The average Bonchev–Trinajstić information content (AvgIpc) is 3.63. The van der Waals surface area contributed by atoms with E-state index < -0.39 is 17.6 Å². The zero-order chi connectivity index (χ0) is 28.9. The van der Waals surface area contributed by atoms with Crippen LogP contribution < -0.4 is 9.47 Å². The van der Waals surface area contributed by atoms with Crippen molar-refractivity contribution in [3.8, 4) is 22.6 Å². The lowest BCUT2D eigenvalue weighted by atomic mass is 9.79. The zero-order valence-electron chi connectivity index (χ0n) is 23.7. The second kappa shape index (κ2) is 12.7. The molecule has 0 spiro atoms. The first-order valence-electron chi connectivity index (χ1n) is 13.9. The van der Waals surface area contributed by atoms with Crippen LogP contribution in [-0.2, 0) is 17.8 Å². The fourth-order valence-electron chi connectivity index (χ4n) is 4.84. The summed E-state index contributed by atoms with van der Waals surface area (Å²) in [7, 11) is 1.51. The van der Waals surface area contributed by atoms with Gasteiger partial charge in [-0.2, -0.15) is 0 Å². The van der Waals surface area contributed by atoms with E-state index in [1.807, 2.05) is 6.07 Å². The number of carboxylic acids is 1. The van der Waals surface area contributed by atoms with Crippen molar-refractivity contribution >= 4 is 11.5 Å². The summed E-state index contributed by atoms with van der Waals surface area (Å²) in [5.41, 5.74) is 3.64. The van der Waals surface area contributed by atoms with Crippen molar-refractivity contribution in [1.29, 1.82) is 0 Å². The first-order chi connectivity index (χ1) is 19.1. The molecule has 5 rings (SSSR count). The van der Waals surface area contributed by atoms with Gasteiger partial charge in [0.25, 0.3) is 0 Å². The summed E-state index contributed by atoms with van der Waals surface area (Å²) in [6.07, 6.45) is 7.37. The minimum Gasteiger partial charge on any atom is -0.497 e. The van der Waals surface area contributed by atoms with Crippen molar-refractivity contribution in [1.82, 2.24) is 0 Å². The number of halogens is 2. The van der Waals surface area contributed by atoms with E-state index in [0.29, 0.717) is 29.0 Å². The highest BCUT2D eigenvalue weighted by molar-refractivity contribution is 5.85. The predicted molar refractivity (Wildman–Crippen MR) is 154 cm³/mol. The molecule has 2 aliphatic carbocycles. The van der Waals surface area contributed by atoms with Crippen molar-refractivity contribution in [3.63, 3.8) is 0 Å². The molecule has 0 bridgehead atoms. The number of benzene rings is 3. The van der Waals surface area contributed by atoms with E-state index >= 15 is 4.39 Å². The van der Waals surface area contributed by atoms with Crippen molar-refractivity contribution in [2.75, 3.05) is 7.11 Å². The molecule has 0 unspecified atom stereocenters. The van der Waals surface area contributed by atoms with E-state index in [1.165, 1.54) is 32.1 Å². The summed E-state index contributed by atoms with van der Waals surface area (Å²) in [5.74, 6) is 0.298. The molecular formula is C34H38F2O4. The van der Waals surface area contributed by atoms with Gasteiger partial charge in [0.15, 0.2) is 0 Å². The van der Waals surface area contributed by atoms with E-state index in [9.17, 15) is 9.18 Å². The van der Waals surface area contributed by atoms with Gasteiger partial charge < -0.3 is 14.6 Å². The molecule has 3 aromatic rings. The Kier molecular flexibility index (Phi) is 9.28. The van der Waals surface area contributed by atoms with E-state index in [1.54, 1.807) is 36.4 Å². The molecule has 3 aromatic carbocycles. The van der Waals surface area contributed by atoms with Gasteiger partial charge >= 0.3 is 5.97 Å². The third-order valence-corrected chi connectivity index (χ3v) is 7.57. The van der Waals surface area contributed by atoms with E-state index in [0.717, 1.165) is 35.5 Å². The van der Waals surface area contributed by atoms with E-state index in [2.05, 4.69) is 26.8 Å². The van der Waals surface area contributed by atoms with Crippen LogP contribution in [0, 0.1) is 23.0 Å². The Bertz CT molecular complexity index is 1390. The molecule has 0 aliphatic heterocycles. The van der Waals surface area contributed by atoms with Crippen molar-refractivity contribution in [2.24, 2.45) is 11.3 Å². The number of carboxylic acid groups (broad SMARTS) is 1.